The van der Waals surface area contributed by atoms with Gasteiger partial charge >= 0.3 is 5.97 Å². The quantitative estimate of drug-likeness (QED) is 0.899. The summed E-state index contributed by atoms with van der Waals surface area (Å²) in [6.45, 7) is 0. The molecular formula is C14H20N2O3S. The summed E-state index contributed by atoms with van der Waals surface area (Å²) in [6, 6.07) is 0. The van der Waals surface area contributed by atoms with Crippen molar-refractivity contribution in [1.29, 1.82) is 0 Å². The molecular weight excluding hydrogens is 276 g/mol. The van der Waals surface area contributed by atoms with Crippen LogP contribution in [0.4, 0.5) is 0 Å². The molecule has 1 aromatic rings. The van der Waals surface area contributed by atoms with Crippen LogP contribution in [0, 0.1) is 5.92 Å². The van der Waals surface area contributed by atoms with E-state index >= 15 is 0 Å². The van der Waals surface area contributed by atoms with Gasteiger partial charge in [0, 0.05) is 11.2 Å². The first-order valence-electron chi connectivity index (χ1n) is 7.39. The third kappa shape index (κ3) is 3.16. The van der Waals surface area contributed by atoms with Crippen molar-refractivity contribution in [2.24, 2.45) is 5.92 Å². The molecule has 0 spiro atoms. The van der Waals surface area contributed by atoms with E-state index in [-0.39, 0.29) is 11.8 Å². The van der Waals surface area contributed by atoms with Gasteiger partial charge in [-0.2, -0.15) is 16.7 Å². The third-order valence-corrected chi connectivity index (χ3v) is 5.73. The third-order valence-electron chi connectivity index (χ3n) is 4.37. The van der Waals surface area contributed by atoms with Crippen molar-refractivity contribution >= 4 is 17.7 Å². The maximum absolute atomic E-state index is 11.0. The van der Waals surface area contributed by atoms with Crippen molar-refractivity contribution < 1.29 is 14.4 Å². The summed E-state index contributed by atoms with van der Waals surface area (Å²) in [6.07, 6.45) is 7.48. The molecule has 0 radical (unpaired) electrons. The zero-order chi connectivity index (χ0) is 13.9. The molecule has 1 heterocycles. The van der Waals surface area contributed by atoms with Gasteiger partial charge in [0.1, 0.15) is 0 Å². The standard InChI is InChI=1S/C14H20N2O3S/c17-14(18)10-6-5-9(7-10)13-15-12(16-19-13)8-20-11-3-1-2-4-11/h9-11H,1-8H2,(H,17,18). The summed E-state index contributed by atoms with van der Waals surface area (Å²) < 4.78 is 5.32. The molecule has 110 valence electrons. The van der Waals surface area contributed by atoms with Crippen LogP contribution in [0.1, 0.15) is 62.6 Å². The molecule has 0 aliphatic heterocycles. The lowest BCUT2D eigenvalue weighted by Crippen LogP contribution is -2.09. The van der Waals surface area contributed by atoms with Crippen LogP contribution in [0.25, 0.3) is 0 Å². The van der Waals surface area contributed by atoms with Gasteiger partial charge in [-0.15, -0.1) is 0 Å². The van der Waals surface area contributed by atoms with Crippen LogP contribution in [-0.2, 0) is 10.5 Å². The van der Waals surface area contributed by atoms with E-state index in [1.807, 2.05) is 11.8 Å². The lowest BCUT2D eigenvalue weighted by molar-refractivity contribution is -0.141. The van der Waals surface area contributed by atoms with Crippen molar-refractivity contribution in [2.45, 2.75) is 61.9 Å². The molecule has 2 unspecified atom stereocenters. The van der Waals surface area contributed by atoms with E-state index in [9.17, 15) is 4.79 Å². The molecule has 2 atom stereocenters. The molecule has 0 amide bonds. The molecule has 1 N–H and O–H groups in total. The molecule has 2 aliphatic carbocycles. The zero-order valence-electron chi connectivity index (χ0n) is 11.5. The van der Waals surface area contributed by atoms with E-state index in [2.05, 4.69) is 10.1 Å². The number of thioether (sulfide) groups is 1. The van der Waals surface area contributed by atoms with E-state index in [4.69, 9.17) is 9.63 Å². The highest BCUT2D eigenvalue weighted by atomic mass is 32.2. The normalized spacial score (nSPS) is 27.2. The molecule has 0 aromatic carbocycles. The molecule has 0 bridgehead atoms. The van der Waals surface area contributed by atoms with E-state index in [1.54, 1.807) is 0 Å². The molecule has 1 aromatic heterocycles. The Morgan fingerprint density at radius 3 is 2.80 bits per heavy atom. The van der Waals surface area contributed by atoms with Gasteiger partial charge < -0.3 is 9.63 Å². The maximum atomic E-state index is 11.0. The number of rotatable bonds is 5. The van der Waals surface area contributed by atoms with Crippen molar-refractivity contribution in [3.8, 4) is 0 Å². The van der Waals surface area contributed by atoms with E-state index < -0.39 is 5.97 Å². The van der Waals surface area contributed by atoms with Crippen molar-refractivity contribution in [2.75, 3.05) is 0 Å². The Morgan fingerprint density at radius 2 is 2.10 bits per heavy atom. The fourth-order valence-corrected chi connectivity index (χ4v) is 4.34. The summed E-state index contributed by atoms with van der Waals surface area (Å²) in [4.78, 5) is 15.4. The topological polar surface area (TPSA) is 76.2 Å². The SMILES string of the molecule is O=C(O)C1CCC(c2nc(CSC3CCCC3)no2)C1. The van der Waals surface area contributed by atoms with Gasteiger partial charge in [0.15, 0.2) is 5.82 Å². The number of aliphatic carboxylic acids is 1. The van der Waals surface area contributed by atoms with Gasteiger partial charge in [-0.1, -0.05) is 18.0 Å². The fourth-order valence-electron chi connectivity index (χ4n) is 3.17. The summed E-state index contributed by atoms with van der Waals surface area (Å²) in [7, 11) is 0. The largest absolute Gasteiger partial charge is 0.481 e. The monoisotopic (exact) mass is 296 g/mol. The van der Waals surface area contributed by atoms with Gasteiger partial charge in [-0.05, 0) is 32.1 Å². The number of carboxylic acids is 1. The fraction of sp³-hybridized carbons (Fsp3) is 0.786. The van der Waals surface area contributed by atoms with E-state index in [0.717, 1.165) is 23.2 Å². The number of carboxylic acid groups (broad SMARTS) is 1. The molecule has 2 fully saturated rings. The molecule has 3 rings (SSSR count). The first-order valence-corrected chi connectivity index (χ1v) is 8.44. The second-order valence-corrected chi connectivity index (χ2v) is 7.10. The van der Waals surface area contributed by atoms with E-state index in [1.165, 1.54) is 25.7 Å². The highest BCUT2D eigenvalue weighted by molar-refractivity contribution is 7.99. The first-order chi connectivity index (χ1) is 9.72. The molecule has 0 saturated heterocycles. The number of aromatic nitrogens is 2. The van der Waals surface area contributed by atoms with Crippen molar-refractivity contribution in [3.05, 3.63) is 11.7 Å². The molecule has 2 saturated carbocycles. The van der Waals surface area contributed by atoms with Gasteiger partial charge in [0.05, 0.1) is 11.7 Å². The Balaban J connectivity index is 1.52. The summed E-state index contributed by atoms with van der Waals surface area (Å²) >= 11 is 1.92. The van der Waals surface area contributed by atoms with Crippen molar-refractivity contribution in [3.63, 3.8) is 0 Å². The van der Waals surface area contributed by atoms with Crippen LogP contribution >= 0.6 is 11.8 Å². The highest BCUT2D eigenvalue weighted by Crippen LogP contribution is 2.38. The maximum Gasteiger partial charge on any atom is 0.306 e. The zero-order valence-corrected chi connectivity index (χ0v) is 12.3. The first kappa shape index (κ1) is 13.9. The number of hydrogen-bond acceptors (Lipinski definition) is 5. The van der Waals surface area contributed by atoms with Crippen LogP contribution in [0.15, 0.2) is 4.52 Å². The Hall–Kier alpha value is -1.04. The van der Waals surface area contributed by atoms with Gasteiger partial charge in [-0.3, -0.25) is 4.79 Å². The Bertz CT molecular complexity index is 471. The molecule has 6 heteroatoms. The number of nitrogens with zero attached hydrogens (tertiary/aromatic N) is 2. The molecule has 2 aliphatic rings. The van der Waals surface area contributed by atoms with E-state index in [0.29, 0.717) is 18.7 Å². The van der Waals surface area contributed by atoms with Gasteiger partial charge in [0.2, 0.25) is 5.89 Å². The smallest absolute Gasteiger partial charge is 0.306 e. The highest BCUT2D eigenvalue weighted by Gasteiger charge is 2.33. The molecule has 5 nitrogen and oxygen atoms in total. The average molecular weight is 296 g/mol. The van der Waals surface area contributed by atoms with Crippen molar-refractivity contribution in [1.82, 2.24) is 10.1 Å². The average Bonchev–Trinajstić information content (AvgIpc) is 3.17. The Labute approximate surface area is 122 Å². The predicted molar refractivity (Wildman–Crippen MR) is 75.6 cm³/mol. The summed E-state index contributed by atoms with van der Waals surface area (Å²) in [5.74, 6) is 1.39. The van der Waals surface area contributed by atoms with Crippen LogP contribution < -0.4 is 0 Å². The minimum Gasteiger partial charge on any atom is -0.481 e. The van der Waals surface area contributed by atoms with Crippen LogP contribution in [0.5, 0.6) is 0 Å². The lowest BCUT2D eigenvalue weighted by Gasteiger charge is -2.05. The predicted octanol–water partition coefficient (Wildman–Crippen LogP) is 3.21. The second-order valence-electron chi connectivity index (χ2n) is 5.81. The van der Waals surface area contributed by atoms with Crippen LogP contribution in [-0.4, -0.2) is 26.5 Å². The van der Waals surface area contributed by atoms with Gasteiger partial charge in [-0.25, -0.2) is 0 Å². The number of carbonyl (C=O) groups is 1. The summed E-state index contributed by atoms with van der Waals surface area (Å²) in [5, 5.41) is 13.8. The minimum absolute atomic E-state index is 0.133. The Kier molecular flexibility index (Phi) is 4.29. The molecule has 20 heavy (non-hydrogen) atoms. The summed E-state index contributed by atoms with van der Waals surface area (Å²) in [5.41, 5.74) is 0. The van der Waals surface area contributed by atoms with Crippen LogP contribution in [0.2, 0.25) is 0 Å². The Morgan fingerprint density at radius 1 is 1.30 bits per heavy atom. The van der Waals surface area contributed by atoms with Crippen LogP contribution in [0.3, 0.4) is 0 Å². The lowest BCUT2D eigenvalue weighted by atomic mass is 10.1. The minimum atomic E-state index is -0.705. The number of hydrogen-bond donors (Lipinski definition) is 1. The second kappa shape index (κ2) is 6.16. The van der Waals surface area contributed by atoms with Gasteiger partial charge in [0.25, 0.3) is 0 Å².